The van der Waals surface area contributed by atoms with Crippen LogP contribution in [0.5, 0.6) is 0 Å². The van der Waals surface area contributed by atoms with E-state index in [1.54, 1.807) is 6.92 Å². The maximum Gasteiger partial charge on any atom is 0.337 e. The van der Waals surface area contributed by atoms with Crippen molar-refractivity contribution in [2.45, 2.75) is 6.92 Å². The Bertz CT molecular complexity index is 651. The van der Waals surface area contributed by atoms with Crippen LogP contribution in [0.1, 0.15) is 26.5 Å². The molecule has 0 saturated carbocycles. The summed E-state index contributed by atoms with van der Waals surface area (Å²) in [5.41, 5.74) is 0.590. The molecule has 2 N–H and O–H groups in total. The van der Waals surface area contributed by atoms with Gasteiger partial charge in [-0.15, -0.1) is 0 Å². The molecule has 0 saturated heterocycles. The monoisotopic (exact) mass is 280 g/mol. The molecule has 1 amide bonds. The normalized spacial score (nSPS) is 10.2. The number of nitrogens with one attached hydrogen (secondary N) is 1. The smallest absolute Gasteiger partial charge is 0.337 e. The SMILES string of the molecule is Cc1cnoc1C(=O)Nc1cc(Cl)ccc1C(=O)O. The zero-order valence-electron chi connectivity index (χ0n) is 9.81. The molecule has 19 heavy (non-hydrogen) atoms. The summed E-state index contributed by atoms with van der Waals surface area (Å²) in [7, 11) is 0. The third-order valence-electron chi connectivity index (χ3n) is 2.41. The van der Waals surface area contributed by atoms with E-state index in [1.165, 1.54) is 24.4 Å². The number of aryl methyl sites for hydroxylation is 1. The van der Waals surface area contributed by atoms with Crippen LogP contribution in [0.3, 0.4) is 0 Å². The molecule has 2 rings (SSSR count). The van der Waals surface area contributed by atoms with Crippen molar-refractivity contribution in [3.63, 3.8) is 0 Å². The zero-order valence-corrected chi connectivity index (χ0v) is 10.6. The number of benzene rings is 1. The molecule has 2 aromatic rings. The topological polar surface area (TPSA) is 92.4 Å². The van der Waals surface area contributed by atoms with E-state index in [1.807, 2.05) is 0 Å². The van der Waals surface area contributed by atoms with Crippen LogP contribution in [-0.4, -0.2) is 22.1 Å². The first kappa shape index (κ1) is 13.1. The van der Waals surface area contributed by atoms with E-state index in [2.05, 4.69) is 10.5 Å². The number of halogens is 1. The zero-order chi connectivity index (χ0) is 14.0. The van der Waals surface area contributed by atoms with E-state index in [4.69, 9.17) is 21.2 Å². The van der Waals surface area contributed by atoms with Crippen LogP contribution >= 0.6 is 11.6 Å². The fourth-order valence-electron chi connectivity index (χ4n) is 1.49. The lowest BCUT2D eigenvalue weighted by molar-refractivity contribution is 0.0698. The van der Waals surface area contributed by atoms with Gasteiger partial charge in [0.15, 0.2) is 0 Å². The van der Waals surface area contributed by atoms with Gasteiger partial charge >= 0.3 is 5.97 Å². The lowest BCUT2D eigenvalue weighted by Crippen LogP contribution is -2.15. The summed E-state index contributed by atoms with van der Waals surface area (Å²) in [6, 6.07) is 4.10. The van der Waals surface area contributed by atoms with Crippen LogP contribution < -0.4 is 5.32 Å². The molecule has 6 nitrogen and oxygen atoms in total. The third-order valence-corrected chi connectivity index (χ3v) is 2.65. The van der Waals surface area contributed by atoms with Gasteiger partial charge in [0, 0.05) is 10.6 Å². The van der Waals surface area contributed by atoms with Crippen molar-refractivity contribution in [1.29, 1.82) is 0 Å². The second kappa shape index (κ2) is 5.11. The van der Waals surface area contributed by atoms with Gasteiger partial charge in [-0.3, -0.25) is 4.79 Å². The van der Waals surface area contributed by atoms with E-state index in [0.29, 0.717) is 10.6 Å². The molecule has 0 unspecified atom stereocenters. The molecule has 98 valence electrons. The Hall–Kier alpha value is -2.34. The van der Waals surface area contributed by atoms with Crippen LogP contribution in [0.15, 0.2) is 28.9 Å². The highest BCUT2D eigenvalue weighted by molar-refractivity contribution is 6.31. The van der Waals surface area contributed by atoms with Gasteiger partial charge < -0.3 is 14.9 Å². The highest BCUT2D eigenvalue weighted by Gasteiger charge is 2.18. The number of anilines is 1. The Labute approximate surface area is 113 Å². The van der Waals surface area contributed by atoms with Crippen molar-refractivity contribution < 1.29 is 19.2 Å². The van der Waals surface area contributed by atoms with Gasteiger partial charge in [0.05, 0.1) is 17.4 Å². The Morgan fingerprint density at radius 2 is 2.16 bits per heavy atom. The quantitative estimate of drug-likeness (QED) is 0.901. The molecule has 0 bridgehead atoms. The summed E-state index contributed by atoms with van der Waals surface area (Å²) in [5.74, 6) is -1.72. The Balaban J connectivity index is 2.33. The fraction of sp³-hybridized carbons (Fsp3) is 0.0833. The number of hydrogen-bond acceptors (Lipinski definition) is 4. The number of carbonyl (C=O) groups excluding carboxylic acids is 1. The van der Waals surface area contributed by atoms with Crippen molar-refractivity contribution in [1.82, 2.24) is 5.16 Å². The number of carboxylic acid groups (broad SMARTS) is 1. The third kappa shape index (κ3) is 2.74. The second-order valence-corrected chi connectivity index (χ2v) is 4.22. The summed E-state index contributed by atoms with van der Waals surface area (Å²) >= 11 is 5.78. The molecule has 7 heteroatoms. The van der Waals surface area contributed by atoms with Crippen LogP contribution in [0.2, 0.25) is 5.02 Å². The molecule has 0 radical (unpaired) electrons. The molecule has 1 aromatic carbocycles. The van der Waals surface area contributed by atoms with Gasteiger partial charge in [0.1, 0.15) is 0 Å². The first-order valence-electron chi connectivity index (χ1n) is 5.24. The molecular weight excluding hydrogens is 272 g/mol. The van der Waals surface area contributed by atoms with E-state index < -0.39 is 11.9 Å². The first-order chi connectivity index (χ1) is 8.99. The minimum Gasteiger partial charge on any atom is -0.478 e. The van der Waals surface area contributed by atoms with Crippen LogP contribution in [0, 0.1) is 6.92 Å². The molecule has 0 aliphatic rings. The lowest BCUT2D eigenvalue weighted by atomic mass is 10.1. The number of rotatable bonds is 3. The van der Waals surface area contributed by atoms with Crippen molar-refractivity contribution in [2.75, 3.05) is 5.32 Å². The van der Waals surface area contributed by atoms with Crippen molar-refractivity contribution in [3.8, 4) is 0 Å². The highest BCUT2D eigenvalue weighted by Crippen LogP contribution is 2.22. The van der Waals surface area contributed by atoms with E-state index in [0.717, 1.165) is 0 Å². The van der Waals surface area contributed by atoms with Crippen LogP contribution in [0.4, 0.5) is 5.69 Å². The van der Waals surface area contributed by atoms with Gasteiger partial charge in [-0.2, -0.15) is 0 Å². The maximum atomic E-state index is 11.9. The molecule has 0 fully saturated rings. The number of aromatic nitrogens is 1. The van der Waals surface area contributed by atoms with Crippen LogP contribution in [-0.2, 0) is 0 Å². The Morgan fingerprint density at radius 3 is 2.74 bits per heavy atom. The van der Waals surface area contributed by atoms with E-state index >= 15 is 0 Å². The minimum absolute atomic E-state index is 0.0244. The second-order valence-electron chi connectivity index (χ2n) is 3.79. The summed E-state index contributed by atoms with van der Waals surface area (Å²) in [4.78, 5) is 22.9. The number of amides is 1. The summed E-state index contributed by atoms with van der Waals surface area (Å²) in [6.45, 7) is 1.65. The van der Waals surface area contributed by atoms with Gasteiger partial charge in [-0.05, 0) is 25.1 Å². The highest BCUT2D eigenvalue weighted by atomic mass is 35.5. The molecule has 0 spiro atoms. The summed E-state index contributed by atoms with van der Waals surface area (Å²) in [6.07, 6.45) is 1.39. The number of carboxylic acids is 1. The average Bonchev–Trinajstić information content (AvgIpc) is 2.75. The molecule has 0 aliphatic heterocycles. The number of nitrogens with zero attached hydrogens (tertiary/aromatic N) is 1. The predicted molar refractivity (Wildman–Crippen MR) is 67.6 cm³/mol. The van der Waals surface area contributed by atoms with Gasteiger partial charge in [0.25, 0.3) is 5.91 Å². The summed E-state index contributed by atoms with van der Waals surface area (Å²) in [5, 5.41) is 15.3. The van der Waals surface area contributed by atoms with Crippen molar-refractivity contribution in [3.05, 3.63) is 46.3 Å². The number of aromatic carboxylic acids is 1. The molecule has 1 aromatic heterocycles. The Morgan fingerprint density at radius 1 is 1.42 bits per heavy atom. The fourth-order valence-corrected chi connectivity index (χ4v) is 1.67. The largest absolute Gasteiger partial charge is 0.478 e. The maximum absolute atomic E-state index is 11.9. The van der Waals surface area contributed by atoms with Gasteiger partial charge in [-0.25, -0.2) is 4.79 Å². The molecule has 0 aliphatic carbocycles. The van der Waals surface area contributed by atoms with E-state index in [-0.39, 0.29) is 17.0 Å². The summed E-state index contributed by atoms with van der Waals surface area (Å²) < 4.78 is 4.79. The molecular formula is C12H9ClN2O4. The lowest BCUT2D eigenvalue weighted by Gasteiger charge is -2.07. The molecule has 0 atom stereocenters. The first-order valence-corrected chi connectivity index (χ1v) is 5.62. The van der Waals surface area contributed by atoms with Crippen molar-refractivity contribution >= 4 is 29.2 Å². The van der Waals surface area contributed by atoms with Gasteiger partial charge in [-0.1, -0.05) is 16.8 Å². The average molecular weight is 281 g/mol. The minimum atomic E-state index is -1.17. The van der Waals surface area contributed by atoms with Gasteiger partial charge in [0.2, 0.25) is 5.76 Å². The number of hydrogen-bond donors (Lipinski definition) is 2. The Kier molecular flexibility index (Phi) is 3.52. The van der Waals surface area contributed by atoms with Crippen LogP contribution in [0.25, 0.3) is 0 Å². The standard InChI is InChI=1S/C12H9ClN2O4/c1-6-5-14-19-10(6)11(16)15-9-4-7(13)2-3-8(9)12(17)18/h2-5H,1H3,(H,15,16)(H,17,18). The van der Waals surface area contributed by atoms with Crippen molar-refractivity contribution in [2.24, 2.45) is 0 Å². The van der Waals surface area contributed by atoms with E-state index in [9.17, 15) is 9.59 Å². The predicted octanol–water partition coefficient (Wildman–Crippen LogP) is 2.59. The molecule has 1 heterocycles. The number of carbonyl (C=O) groups is 2.